The first-order valence-corrected chi connectivity index (χ1v) is 6.24. The lowest BCUT2D eigenvalue weighted by Crippen LogP contribution is -2.40. The van der Waals surface area contributed by atoms with Crippen molar-refractivity contribution in [3.8, 4) is 0 Å². The maximum absolute atomic E-state index is 2.56. The molecular weight excluding hydrogens is 170 g/mol. The summed E-state index contributed by atoms with van der Waals surface area (Å²) in [6, 6.07) is 1.54. The van der Waals surface area contributed by atoms with E-state index >= 15 is 0 Å². The van der Waals surface area contributed by atoms with E-state index in [1.54, 1.807) is 0 Å². The predicted molar refractivity (Wildman–Crippen MR) is 63.5 cm³/mol. The molecule has 0 aromatic heterocycles. The van der Waals surface area contributed by atoms with Crippen LogP contribution in [0.3, 0.4) is 0 Å². The zero-order valence-electron chi connectivity index (χ0n) is 10.6. The van der Waals surface area contributed by atoms with E-state index in [0.29, 0.717) is 6.04 Å². The van der Waals surface area contributed by atoms with Gasteiger partial charge in [0.25, 0.3) is 0 Å². The normalized spacial score (nSPS) is 29.1. The van der Waals surface area contributed by atoms with Gasteiger partial charge in [-0.05, 0) is 45.6 Å². The number of hydrogen-bond donors (Lipinski definition) is 0. The number of nitrogens with zero attached hydrogens (tertiary/aromatic N) is 1. The summed E-state index contributed by atoms with van der Waals surface area (Å²) in [5.41, 5.74) is 0. The van der Waals surface area contributed by atoms with Crippen molar-refractivity contribution < 1.29 is 0 Å². The summed E-state index contributed by atoms with van der Waals surface area (Å²) >= 11 is 0. The third kappa shape index (κ3) is 2.98. The van der Waals surface area contributed by atoms with Gasteiger partial charge in [-0.1, -0.05) is 26.7 Å². The van der Waals surface area contributed by atoms with Crippen LogP contribution in [0.5, 0.6) is 0 Å². The molecular formula is C13H27N. The fourth-order valence-electron chi connectivity index (χ4n) is 2.60. The first kappa shape index (κ1) is 12.0. The van der Waals surface area contributed by atoms with Crippen molar-refractivity contribution in [1.82, 2.24) is 4.90 Å². The maximum atomic E-state index is 2.56. The SMILES string of the molecule is CC(C)C1CCCC(N(C)C(C)C)C1. The van der Waals surface area contributed by atoms with Crippen LogP contribution in [0.4, 0.5) is 0 Å². The number of hydrogen-bond acceptors (Lipinski definition) is 1. The molecule has 0 amide bonds. The summed E-state index contributed by atoms with van der Waals surface area (Å²) in [4.78, 5) is 2.56. The molecule has 1 rings (SSSR count). The van der Waals surface area contributed by atoms with E-state index in [9.17, 15) is 0 Å². The van der Waals surface area contributed by atoms with Crippen molar-refractivity contribution in [2.75, 3.05) is 7.05 Å². The zero-order valence-corrected chi connectivity index (χ0v) is 10.6. The van der Waals surface area contributed by atoms with Crippen LogP contribution in [0.15, 0.2) is 0 Å². The van der Waals surface area contributed by atoms with Crippen molar-refractivity contribution in [2.24, 2.45) is 11.8 Å². The predicted octanol–water partition coefficient (Wildman–Crippen LogP) is 3.54. The molecule has 0 spiro atoms. The summed E-state index contributed by atoms with van der Waals surface area (Å²) in [5.74, 6) is 1.84. The monoisotopic (exact) mass is 197 g/mol. The molecule has 84 valence electrons. The second-order valence-electron chi connectivity index (χ2n) is 5.58. The topological polar surface area (TPSA) is 3.24 Å². The molecule has 14 heavy (non-hydrogen) atoms. The average molecular weight is 197 g/mol. The van der Waals surface area contributed by atoms with E-state index in [4.69, 9.17) is 0 Å². The molecule has 0 aromatic carbocycles. The van der Waals surface area contributed by atoms with Gasteiger partial charge in [-0.2, -0.15) is 0 Å². The van der Waals surface area contributed by atoms with Gasteiger partial charge in [0.05, 0.1) is 0 Å². The van der Waals surface area contributed by atoms with E-state index in [2.05, 4.69) is 39.6 Å². The fourth-order valence-corrected chi connectivity index (χ4v) is 2.60. The second kappa shape index (κ2) is 5.16. The maximum Gasteiger partial charge on any atom is 0.00976 e. The van der Waals surface area contributed by atoms with Gasteiger partial charge in [0, 0.05) is 12.1 Å². The molecule has 2 atom stereocenters. The number of rotatable bonds is 3. The van der Waals surface area contributed by atoms with Crippen LogP contribution in [0.1, 0.15) is 53.4 Å². The largest absolute Gasteiger partial charge is 0.301 e. The van der Waals surface area contributed by atoms with E-state index in [0.717, 1.165) is 17.9 Å². The Bertz CT molecular complexity index is 157. The molecule has 1 fully saturated rings. The van der Waals surface area contributed by atoms with Crippen LogP contribution in [-0.4, -0.2) is 24.0 Å². The lowest BCUT2D eigenvalue weighted by atomic mass is 9.78. The third-order valence-corrected chi connectivity index (χ3v) is 4.02. The Hall–Kier alpha value is -0.0400. The van der Waals surface area contributed by atoms with Crippen molar-refractivity contribution in [3.63, 3.8) is 0 Å². The van der Waals surface area contributed by atoms with E-state index in [1.165, 1.54) is 25.7 Å². The molecule has 0 saturated heterocycles. The fraction of sp³-hybridized carbons (Fsp3) is 1.00. The Morgan fingerprint density at radius 3 is 2.21 bits per heavy atom. The van der Waals surface area contributed by atoms with Gasteiger partial charge in [-0.15, -0.1) is 0 Å². The molecule has 1 aliphatic carbocycles. The summed E-state index contributed by atoms with van der Waals surface area (Å²) in [6.45, 7) is 9.36. The highest BCUT2D eigenvalue weighted by Crippen LogP contribution is 2.32. The van der Waals surface area contributed by atoms with Crippen LogP contribution < -0.4 is 0 Å². The molecule has 0 aliphatic heterocycles. The molecule has 0 heterocycles. The minimum Gasteiger partial charge on any atom is -0.301 e. The van der Waals surface area contributed by atoms with E-state index in [1.807, 2.05) is 0 Å². The van der Waals surface area contributed by atoms with Gasteiger partial charge in [-0.3, -0.25) is 0 Å². The minimum atomic E-state index is 0.700. The van der Waals surface area contributed by atoms with Crippen molar-refractivity contribution in [2.45, 2.75) is 65.5 Å². The third-order valence-electron chi connectivity index (χ3n) is 4.02. The molecule has 0 aromatic rings. The minimum absolute atomic E-state index is 0.700. The Labute approximate surface area is 89.9 Å². The van der Waals surface area contributed by atoms with Crippen LogP contribution in [0.2, 0.25) is 0 Å². The first-order chi connectivity index (χ1) is 6.52. The summed E-state index contributed by atoms with van der Waals surface area (Å²) in [6.07, 6.45) is 5.73. The highest BCUT2D eigenvalue weighted by Gasteiger charge is 2.27. The lowest BCUT2D eigenvalue weighted by Gasteiger charge is -2.38. The summed E-state index contributed by atoms with van der Waals surface area (Å²) in [5, 5.41) is 0. The van der Waals surface area contributed by atoms with E-state index in [-0.39, 0.29) is 0 Å². The van der Waals surface area contributed by atoms with Gasteiger partial charge in [0.1, 0.15) is 0 Å². The van der Waals surface area contributed by atoms with Gasteiger partial charge >= 0.3 is 0 Å². The Kier molecular flexibility index (Phi) is 4.43. The van der Waals surface area contributed by atoms with Crippen LogP contribution in [-0.2, 0) is 0 Å². The van der Waals surface area contributed by atoms with Crippen molar-refractivity contribution in [3.05, 3.63) is 0 Å². The van der Waals surface area contributed by atoms with Crippen LogP contribution in [0, 0.1) is 11.8 Å². The van der Waals surface area contributed by atoms with Gasteiger partial charge in [0.2, 0.25) is 0 Å². The molecule has 1 heteroatoms. The summed E-state index contributed by atoms with van der Waals surface area (Å²) in [7, 11) is 2.29. The smallest absolute Gasteiger partial charge is 0.00976 e. The highest BCUT2D eigenvalue weighted by atomic mass is 15.1. The van der Waals surface area contributed by atoms with E-state index < -0.39 is 0 Å². The first-order valence-electron chi connectivity index (χ1n) is 6.24. The van der Waals surface area contributed by atoms with Gasteiger partial charge < -0.3 is 4.90 Å². The molecule has 1 nitrogen and oxygen atoms in total. The Morgan fingerprint density at radius 1 is 1.07 bits per heavy atom. The second-order valence-corrected chi connectivity index (χ2v) is 5.58. The summed E-state index contributed by atoms with van der Waals surface area (Å²) < 4.78 is 0. The van der Waals surface area contributed by atoms with Gasteiger partial charge in [-0.25, -0.2) is 0 Å². The standard InChI is InChI=1S/C13H27N/c1-10(2)12-7-6-8-13(9-12)14(5)11(3)4/h10-13H,6-9H2,1-5H3. The average Bonchev–Trinajstić information content (AvgIpc) is 2.16. The van der Waals surface area contributed by atoms with Crippen LogP contribution in [0.25, 0.3) is 0 Å². The molecule has 0 N–H and O–H groups in total. The van der Waals surface area contributed by atoms with Crippen LogP contribution >= 0.6 is 0 Å². The Balaban J connectivity index is 2.47. The zero-order chi connectivity index (χ0) is 10.7. The van der Waals surface area contributed by atoms with Crippen molar-refractivity contribution >= 4 is 0 Å². The lowest BCUT2D eigenvalue weighted by molar-refractivity contribution is 0.113. The molecule has 1 aliphatic rings. The molecule has 2 unspecified atom stereocenters. The highest BCUT2D eigenvalue weighted by molar-refractivity contribution is 4.81. The van der Waals surface area contributed by atoms with Crippen molar-refractivity contribution in [1.29, 1.82) is 0 Å². The Morgan fingerprint density at radius 2 is 1.71 bits per heavy atom. The molecule has 0 bridgehead atoms. The molecule has 0 radical (unpaired) electrons. The van der Waals surface area contributed by atoms with Gasteiger partial charge in [0.15, 0.2) is 0 Å². The molecule has 1 saturated carbocycles. The quantitative estimate of drug-likeness (QED) is 0.669.